The van der Waals surface area contributed by atoms with Crippen LogP contribution < -0.4 is 27.0 Å². The van der Waals surface area contributed by atoms with Gasteiger partial charge in [0.15, 0.2) is 0 Å². The van der Waals surface area contributed by atoms with Gasteiger partial charge in [-0.05, 0) is 235 Å². The van der Waals surface area contributed by atoms with Crippen LogP contribution in [-0.2, 0) is 73.5 Å². The average molecular weight is 1560 g/mol. The van der Waals surface area contributed by atoms with Crippen molar-refractivity contribution in [2.75, 3.05) is 139 Å². The number of unbranched alkanes of at least 4 members (excludes halogenated alkanes) is 3. The van der Waals surface area contributed by atoms with Crippen LogP contribution in [0.4, 0.5) is 23.3 Å². The zero-order chi connectivity index (χ0) is 72.9. The number of carboxylic acids is 3. The molecule has 0 amide bonds. The molecular weight excluding hydrogens is 1450 g/mol. The van der Waals surface area contributed by atoms with Gasteiger partial charge < -0.3 is 71.2 Å². The number of anilines is 4. The van der Waals surface area contributed by atoms with E-state index in [-0.39, 0.29) is 0 Å². The van der Waals surface area contributed by atoms with Crippen molar-refractivity contribution >= 4 is 84.6 Å². The molecule has 0 radical (unpaired) electrons. The van der Waals surface area contributed by atoms with Crippen molar-refractivity contribution in [3.05, 3.63) is 134 Å². The standard InChI is InChI=1S/C25H37N5O3.C24H35BrN6O3.C20H34N4O3.C4H2BrClN2/c1-2-33-17-16-30(15-11-21(25(31)32)18-23-10-13-26-19-28-23)14-4-3-7-22-9-8-20-6-5-12-27-24(20)29-22;1-2-34-15-14-31(13-10-21(24(32)33)30-23-20(25)16-26-17-28-23)12-4-3-7-19-9-8-18-6-5-11-27-22(18)29-19;1-2-27-15-14-24(13-10-18(21)20(25)26)12-4-3-7-17-9-8-16-6-5-11-22-19(16)23-17;5-3-1-7-2-8-4(3)6/h8-10,13,19,21H,2-7,11-12,14-18H2,1H3,(H,27,29)(H,31,32);8-9,16-17,21H,2-7,10-15H2,1H3,(H,27,29)(H,32,33)(H,26,28,30);8-9,18H,2-7,10-15,21H2,1H3,(H,22,23)(H,25,26);1-2H/t2*21-;18-;/m100./s1. The summed E-state index contributed by atoms with van der Waals surface area (Å²) in [5.41, 5.74) is 13.8. The maximum Gasteiger partial charge on any atom is 0.326 e. The molecule has 3 atom stereocenters. The predicted molar refractivity (Wildman–Crippen MR) is 407 cm³/mol. The van der Waals surface area contributed by atoms with Crippen molar-refractivity contribution in [3.63, 3.8) is 0 Å². The van der Waals surface area contributed by atoms with Gasteiger partial charge in [-0.15, -0.1) is 0 Å². The number of hydrogen-bond acceptors (Lipinski definition) is 23. The number of aryl methyl sites for hydroxylation is 6. The van der Waals surface area contributed by atoms with E-state index in [1.807, 2.05) is 20.8 Å². The zero-order valence-electron chi connectivity index (χ0n) is 59.8. The molecule has 6 aromatic rings. The molecule has 0 saturated carbocycles. The summed E-state index contributed by atoms with van der Waals surface area (Å²) in [6.07, 6.45) is 27.0. The number of carboxylic acid groups (broad SMARTS) is 3. The molecule has 0 spiro atoms. The molecular formula is C73H108Br2ClN17O9. The molecule has 560 valence electrons. The molecule has 29 heteroatoms. The highest BCUT2D eigenvalue weighted by Gasteiger charge is 2.23. The van der Waals surface area contributed by atoms with Gasteiger partial charge in [0.2, 0.25) is 0 Å². The van der Waals surface area contributed by atoms with Crippen molar-refractivity contribution in [2.45, 2.75) is 155 Å². The van der Waals surface area contributed by atoms with E-state index in [1.165, 1.54) is 54.9 Å². The number of nitrogens with zero attached hydrogens (tertiary/aromatic N) is 12. The fraction of sp³-hybridized carbons (Fsp3) is 0.589. The summed E-state index contributed by atoms with van der Waals surface area (Å²) >= 11 is 12.0. The Morgan fingerprint density at radius 3 is 1.36 bits per heavy atom. The molecule has 3 aliphatic heterocycles. The van der Waals surface area contributed by atoms with Gasteiger partial charge in [-0.2, -0.15) is 0 Å². The molecule has 9 rings (SSSR count). The van der Waals surface area contributed by atoms with Crippen molar-refractivity contribution < 1.29 is 43.9 Å². The average Bonchev–Trinajstić information content (AvgIpc) is 0.864. The number of aromatic nitrogens is 9. The summed E-state index contributed by atoms with van der Waals surface area (Å²) in [5.74, 6) is 0.571. The molecule has 102 heavy (non-hydrogen) atoms. The first kappa shape index (κ1) is 84.2. The van der Waals surface area contributed by atoms with E-state index in [4.69, 9.17) is 51.6 Å². The number of hydrogen-bond donors (Lipinski definition) is 8. The fourth-order valence-electron chi connectivity index (χ4n) is 11.7. The Morgan fingerprint density at radius 2 is 0.971 bits per heavy atom. The molecule has 9 N–H and O–H groups in total. The first-order chi connectivity index (χ1) is 49.6. The van der Waals surface area contributed by atoms with Crippen LogP contribution in [0.1, 0.15) is 137 Å². The lowest BCUT2D eigenvalue weighted by atomic mass is 9.99. The second-order valence-electron chi connectivity index (χ2n) is 25.2. The van der Waals surface area contributed by atoms with Crippen LogP contribution in [0.25, 0.3) is 0 Å². The van der Waals surface area contributed by atoms with Gasteiger partial charge in [-0.3, -0.25) is 9.59 Å². The fourth-order valence-corrected chi connectivity index (χ4v) is 12.4. The minimum Gasteiger partial charge on any atom is -0.481 e. The van der Waals surface area contributed by atoms with E-state index in [0.717, 1.165) is 187 Å². The van der Waals surface area contributed by atoms with Gasteiger partial charge in [0.25, 0.3) is 0 Å². The van der Waals surface area contributed by atoms with Gasteiger partial charge in [0.1, 0.15) is 59.5 Å². The lowest BCUT2D eigenvalue weighted by Crippen LogP contribution is -2.37. The zero-order valence-corrected chi connectivity index (χ0v) is 63.7. The molecule has 0 saturated heterocycles. The number of rotatable bonds is 43. The van der Waals surface area contributed by atoms with Gasteiger partial charge in [-0.1, -0.05) is 29.8 Å². The second-order valence-corrected chi connectivity index (χ2v) is 27.2. The third-order valence-corrected chi connectivity index (χ3v) is 19.2. The van der Waals surface area contributed by atoms with E-state index in [2.05, 4.69) is 134 Å². The minimum atomic E-state index is -0.938. The minimum absolute atomic E-state index is 0.426. The van der Waals surface area contributed by atoms with Gasteiger partial charge in [-0.25, -0.2) is 49.7 Å². The van der Waals surface area contributed by atoms with E-state index < -0.39 is 35.9 Å². The number of aliphatic carboxylic acids is 3. The third-order valence-electron chi connectivity index (χ3n) is 17.5. The van der Waals surface area contributed by atoms with E-state index in [1.54, 1.807) is 24.7 Å². The summed E-state index contributed by atoms with van der Waals surface area (Å²) in [5, 5.41) is 42.0. The van der Waals surface area contributed by atoms with Gasteiger partial charge in [0, 0.05) is 120 Å². The first-order valence-electron chi connectivity index (χ1n) is 36.2. The lowest BCUT2D eigenvalue weighted by Gasteiger charge is -2.24. The summed E-state index contributed by atoms with van der Waals surface area (Å²) in [4.78, 5) is 79.3. The first-order valence-corrected chi connectivity index (χ1v) is 38.2. The molecule has 0 bridgehead atoms. The highest BCUT2D eigenvalue weighted by molar-refractivity contribution is 9.11. The number of fused-ring (bicyclic) bond motifs is 3. The number of halogens is 3. The Bertz CT molecular complexity index is 3340. The van der Waals surface area contributed by atoms with Crippen molar-refractivity contribution in [2.24, 2.45) is 11.7 Å². The van der Waals surface area contributed by atoms with Crippen LogP contribution >= 0.6 is 43.5 Å². The van der Waals surface area contributed by atoms with E-state index in [0.29, 0.717) is 93.9 Å². The SMILES string of the molecule is CCOCCN(CCCCc1ccc2c(n1)NCCC2)CC[C@H](Cc1ccncn1)C(=O)O.CCOCCN(CCCCc1ccc2c(n1)NCCC2)CC[C@H](N)C(=O)O.CCOCCN(CCCCc1ccc2c(n1)NCCC2)CC[C@H](Nc1ncncc1Br)C(=O)O.Clc1ncncc1Br. The quantitative estimate of drug-likeness (QED) is 0.0130. The van der Waals surface area contributed by atoms with Crippen LogP contribution in [0.3, 0.4) is 0 Å². The van der Waals surface area contributed by atoms with Crippen molar-refractivity contribution in [1.29, 1.82) is 0 Å². The number of carbonyl (C=O) groups is 3. The van der Waals surface area contributed by atoms with E-state index >= 15 is 0 Å². The van der Waals surface area contributed by atoms with Gasteiger partial charge in [0.05, 0.1) is 34.7 Å². The summed E-state index contributed by atoms with van der Waals surface area (Å²) in [6.45, 7) is 20.2. The number of ether oxygens (including phenoxy) is 3. The molecule has 0 fully saturated rings. The van der Waals surface area contributed by atoms with Gasteiger partial charge >= 0.3 is 17.9 Å². The van der Waals surface area contributed by atoms with Crippen molar-refractivity contribution in [3.8, 4) is 0 Å². The lowest BCUT2D eigenvalue weighted by molar-refractivity contribution is -0.142. The van der Waals surface area contributed by atoms with Crippen LogP contribution in [-0.4, -0.2) is 223 Å². The Morgan fingerprint density at radius 1 is 0.529 bits per heavy atom. The normalized spacial score (nSPS) is 13.7. The largest absolute Gasteiger partial charge is 0.481 e. The maximum atomic E-state index is 11.8. The molecule has 0 aliphatic carbocycles. The number of pyridine rings is 3. The molecule has 0 unspecified atom stereocenters. The predicted octanol–water partition coefficient (Wildman–Crippen LogP) is 10.6. The topological polar surface area (TPSA) is 339 Å². The summed E-state index contributed by atoms with van der Waals surface area (Å²) < 4.78 is 17.9. The van der Waals surface area contributed by atoms with Crippen molar-refractivity contribution in [1.82, 2.24) is 59.6 Å². The highest BCUT2D eigenvalue weighted by Crippen LogP contribution is 2.25. The van der Waals surface area contributed by atoms with E-state index in [9.17, 15) is 24.6 Å². The molecule has 3 aliphatic rings. The molecule has 9 heterocycles. The Kier molecular flexibility index (Phi) is 41.1. The summed E-state index contributed by atoms with van der Waals surface area (Å²) in [6, 6.07) is 13.3. The maximum absolute atomic E-state index is 11.8. The Balaban J connectivity index is 0.000000229. The summed E-state index contributed by atoms with van der Waals surface area (Å²) in [7, 11) is 0. The van der Waals surface area contributed by atoms with Crippen LogP contribution in [0.2, 0.25) is 5.15 Å². The molecule has 26 nitrogen and oxygen atoms in total. The smallest absolute Gasteiger partial charge is 0.326 e. The number of nitrogens with one attached hydrogen (secondary N) is 4. The second kappa shape index (κ2) is 49.8. The molecule has 6 aromatic heterocycles. The Labute approximate surface area is 624 Å². The third kappa shape index (κ3) is 33.4. The molecule has 0 aromatic carbocycles. The highest BCUT2D eigenvalue weighted by atomic mass is 79.9. The van der Waals surface area contributed by atoms with Crippen LogP contribution in [0.15, 0.2) is 89.0 Å². The Hall–Kier alpha value is -6.73. The number of nitrogens with two attached hydrogens (primary N) is 1. The monoisotopic (exact) mass is 1560 g/mol. The van der Waals surface area contributed by atoms with Crippen LogP contribution in [0.5, 0.6) is 0 Å². The van der Waals surface area contributed by atoms with Crippen LogP contribution in [0, 0.1) is 5.92 Å².